The van der Waals surface area contributed by atoms with Crippen LogP contribution in [0, 0.1) is 0 Å². The summed E-state index contributed by atoms with van der Waals surface area (Å²) in [4.78, 5) is 8.30. The van der Waals surface area contributed by atoms with Crippen LogP contribution < -0.4 is 4.74 Å². The minimum absolute atomic E-state index is 0.280. The van der Waals surface area contributed by atoms with E-state index in [2.05, 4.69) is 9.98 Å². The van der Waals surface area contributed by atoms with Crippen LogP contribution in [0.1, 0.15) is 25.8 Å². The average Bonchev–Trinajstić information content (AvgIpc) is 2.71. The van der Waals surface area contributed by atoms with Gasteiger partial charge in [0.2, 0.25) is 5.88 Å². The Morgan fingerprint density at radius 2 is 1.70 bits per heavy atom. The zero-order chi connectivity index (χ0) is 22.0. The highest BCUT2D eigenvalue weighted by Crippen LogP contribution is 2.40. The van der Waals surface area contributed by atoms with Crippen molar-refractivity contribution in [1.82, 2.24) is 4.98 Å². The molecule has 1 atom stereocenters. The Kier molecular flexibility index (Phi) is 5.85. The number of benzene rings is 2. The molecule has 1 aromatic heterocycles. The first-order valence-corrected chi connectivity index (χ1v) is 9.39. The van der Waals surface area contributed by atoms with Gasteiger partial charge in [-0.2, -0.15) is 13.2 Å². The lowest BCUT2D eigenvalue weighted by atomic mass is 9.75. The summed E-state index contributed by atoms with van der Waals surface area (Å²) in [6.07, 6.45) is -4.88. The molecule has 30 heavy (non-hydrogen) atoms. The summed E-state index contributed by atoms with van der Waals surface area (Å²) in [6.45, 7) is 3.34. The summed E-state index contributed by atoms with van der Waals surface area (Å²) in [6, 6.07) is 17.0. The molecular formula is C23H23F3N2O2. The van der Waals surface area contributed by atoms with Crippen molar-refractivity contribution in [2.75, 3.05) is 7.11 Å². The number of hydrogen-bond donors (Lipinski definition) is 1. The molecule has 1 heterocycles. The third-order valence-electron chi connectivity index (χ3n) is 5.07. The molecule has 0 fully saturated rings. The first kappa shape index (κ1) is 21.8. The maximum atomic E-state index is 13.9. The number of ether oxygens (including phenoxy) is 1. The van der Waals surface area contributed by atoms with Crippen LogP contribution in [0.4, 0.5) is 18.9 Å². The Bertz CT molecular complexity index is 1050. The fourth-order valence-corrected chi connectivity index (χ4v) is 3.41. The lowest BCUT2D eigenvalue weighted by Gasteiger charge is -2.35. The normalized spacial score (nSPS) is 14.8. The van der Waals surface area contributed by atoms with Crippen LogP contribution in [0.25, 0.3) is 10.9 Å². The molecule has 0 bridgehead atoms. The van der Waals surface area contributed by atoms with Crippen molar-refractivity contribution in [3.05, 3.63) is 66.2 Å². The Balaban J connectivity index is 1.99. The maximum Gasteiger partial charge on any atom is 0.422 e. The SMILES string of the molecule is COc1ccc2c(N=CC(O)(CC(C)(C)c3ccccc3)C(F)(F)F)cccc2n1. The molecule has 3 aromatic rings. The van der Waals surface area contributed by atoms with Crippen molar-refractivity contribution in [2.24, 2.45) is 4.99 Å². The minimum Gasteiger partial charge on any atom is -0.481 e. The molecule has 1 N–H and O–H groups in total. The van der Waals surface area contributed by atoms with Gasteiger partial charge < -0.3 is 9.84 Å². The van der Waals surface area contributed by atoms with Gasteiger partial charge in [0.25, 0.3) is 0 Å². The molecule has 0 aliphatic heterocycles. The van der Waals surface area contributed by atoms with Gasteiger partial charge in [-0.25, -0.2) is 4.98 Å². The lowest BCUT2D eigenvalue weighted by molar-refractivity contribution is -0.234. The summed E-state index contributed by atoms with van der Waals surface area (Å²) < 4.78 is 46.8. The number of aliphatic hydroxyl groups is 1. The zero-order valence-electron chi connectivity index (χ0n) is 16.9. The number of aliphatic imine (C=N–C) groups is 1. The van der Waals surface area contributed by atoms with E-state index < -0.39 is 23.6 Å². The summed E-state index contributed by atoms with van der Waals surface area (Å²) in [5, 5.41) is 11.2. The van der Waals surface area contributed by atoms with Crippen LogP contribution in [0.15, 0.2) is 65.7 Å². The number of fused-ring (bicyclic) bond motifs is 1. The third-order valence-corrected chi connectivity index (χ3v) is 5.07. The number of aromatic nitrogens is 1. The molecular weight excluding hydrogens is 393 g/mol. The van der Waals surface area contributed by atoms with Crippen molar-refractivity contribution in [3.8, 4) is 5.88 Å². The van der Waals surface area contributed by atoms with Crippen molar-refractivity contribution in [2.45, 2.75) is 37.5 Å². The fraction of sp³-hybridized carbons (Fsp3) is 0.304. The molecule has 0 amide bonds. The van der Waals surface area contributed by atoms with Gasteiger partial charge in [0.15, 0.2) is 5.60 Å². The van der Waals surface area contributed by atoms with Crippen LogP contribution in [-0.2, 0) is 5.41 Å². The van der Waals surface area contributed by atoms with Crippen molar-refractivity contribution in [1.29, 1.82) is 0 Å². The van der Waals surface area contributed by atoms with E-state index in [1.54, 1.807) is 74.5 Å². The van der Waals surface area contributed by atoms with Gasteiger partial charge in [0.05, 0.1) is 18.3 Å². The summed E-state index contributed by atoms with van der Waals surface area (Å²) >= 11 is 0. The molecule has 3 rings (SSSR count). The molecule has 0 aliphatic carbocycles. The van der Waals surface area contributed by atoms with E-state index in [0.717, 1.165) is 0 Å². The predicted octanol–water partition coefficient (Wildman–Crippen LogP) is 5.61. The summed E-state index contributed by atoms with van der Waals surface area (Å²) in [5.74, 6) is 0.389. The van der Waals surface area contributed by atoms with Crippen LogP contribution in [0.3, 0.4) is 0 Å². The first-order chi connectivity index (χ1) is 14.1. The third kappa shape index (κ3) is 4.46. The Hall–Kier alpha value is -2.93. The highest BCUT2D eigenvalue weighted by Gasteiger charge is 2.55. The maximum absolute atomic E-state index is 13.9. The Morgan fingerprint density at radius 3 is 2.33 bits per heavy atom. The number of rotatable bonds is 6. The molecule has 4 nitrogen and oxygen atoms in total. The smallest absolute Gasteiger partial charge is 0.422 e. The van der Waals surface area contributed by atoms with E-state index in [9.17, 15) is 18.3 Å². The van der Waals surface area contributed by atoms with E-state index in [1.807, 2.05) is 0 Å². The Morgan fingerprint density at radius 1 is 1.00 bits per heavy atom. The van der Waals surface area contributed by atoms with Crippen molar-refractivity contribution >= 4 is 22.8 Å². The molecule has 0 radical (unpaired) electrons. The highest BCUT2D eigenvalue weighted by atomic mass is 19.4. The van der Waals surface area contributed by atoms with E-state index >= 15 is 0 Å². The monoisotopic (exact) mass is 416 g/mol. The fourth-order valence-electron chi connectivity index (χ4n) is 3.41. The van der Waals surface area contributed by atoms with Crippen LogP contribution >= 0.6 is 0 Å². The van der Waals surface area contributed by atoms with E-state index in [1.165, 1.54) is 7.11 Å². The highest BCUT2D eigenvalue weighted by molar-refractivity contribution is 5.92. The van der Waals surface area contributed by atoms with Crippen LogP contribution in [0.5, 0.6) is 5.88 Å². The Labute approximate surface area is 173 Å². The van der Waals surface area contributed by atoms with E-state index in [-0.39, 0.29) is 5.69 Å². The average molecular weight is 416 g/mol. The number of methoxy groups -OCH3 is 1. The molecule has 0 saturated carbocycles. The van der Waals surface area contributed by atoms with E-state index in [0.29, 0.717) is 28.6 Å². The van der Waals surface area contributed by atoms with Gasteiger partial charge in [0, 0.05) is 17.7 Å². The standard InChI is InChI=1S/C23H23F3N2O2/c1-21(2,16-8-5-4-6-9-16)14-22(29,23(24,25)26)15-27-18-10-7-11-19-17(18)12-13-20(28-19)30-3/h4-13,15,29H,14H2,1-3H3. The molecule has 1 unspecified atom stereocenters. The minimum atomic E-state index is -4.89. The van der Waals surface area contributed by atoms with Crippen molar-refractivity contribution < 1.29 is 23.0 Å². The lowest BCUT2D eigenvalue weighted by Crippen LogP contribution is -2.50. The molecule has 0 saturated heterocycles. The van der Waals surface area contributed by atoms with Crippen LogP contribution in [-0.4, -0.2) is 35.2 Å². The van der Waals surface area contributed by atoms with Gasteiger partial charge in [-0.15, -0.1) is 0 Å². The van der Waals surface area contributed by atoms with Gasteiger partial charge in [0.1, 0.15) is 0 Å². The molecule has 158 valence electrons. The molecule has 0 spiro atoms. The number of halogens is 3. The van der Waals surface area contributed by atoms with Gasteiger partial charge in [-0.1, -0.05) is 50.2 Å². The second-order valence-electron chi connectivity index (χ2n) is 7.80. The van der Waals surface area contributed by atoms with Gasteiger partial charge >= 0.3 is 6.18 Å². The van der Waals surface area contributed by atoms with E-state index in [4.69, 9.17) is 4.74 Å². The molecule has 2 aromatic carbocycles. The summed E-state index contributed by atoms with van der Waals surface area (Å²) in [5.41, 5.74) is -2.53. The van der Waals surface area contributed by atoms with Gasteiger partial charge in [-0.05, 0) is 35.6 Å². The molecule has 0 aliphatic rings. The second-order valence-corrected chi connectivity index (χ2v) is 7.80. The number of nitrogens with zero attached hydrogens (tertiary/aromatic N) is 2. The number of pyridine rings is 1. The number of hydrogen-bond acceptors (Lipinski definition) is 4. The first-order valence-electron chi connectivity index (χ1n) is 9.39. The number of alkyl halides is 3. The molecule has 7 heteroatoms. The largest absolute Gasteiger partial charge is 0.481 e. The van der Waals surface area contributed by atoms with Crippen LogP contribution in [0.2, 0.25) is 0 Å². The topological polar surface area (TPSA) is 54.7 Å². The van der Waals surface area contributed by atoms with Gasteiger partial charge in [-0.3, -0.25) is 4.99 Å². The summed E-state index contributed by atoms with van der Waals surface area (Å²) in [7, 11) is 1.48. The zero-order valence-corrected chi connectivity index (χ0v) is 16.9. The predicted molar refractivity (Wildman–Crippen MR) is 112 cm³/mol. The van der Waals surface area contributed by atoms with Crippen molar-refractivity contribution in [3.63, 3.8) is 0 Å². The quantitative estimate of drug-likeness (QED) is 0.532. The second kappa shape index (κ2) is 8.07.